The van der Waals surface area contributed by atoms with Crippen molar-refractivity contribution in [2.24, 2.45) is 0 Å². The molecule has 17 heavy (non-hydrogen) atoms. The van der Waals surface area contributed by atoms with Crippen molar-refractivity contribution in [1.82, 2.24) is 5.16 Å². The van der Waals surface area contributed by atoms with Gasteiger partial charge >= 0.3 is 0 Å². The smallest absolute Gasteiger partial charge is 0.231 e. The van der Waals surface area contributed by atoms with Crippen molar-refractivity contribution in [2.75, 3.05) is 19.6 Å². The predicted molar refractivity (Wildman–Crippen MR) is 59.0 cm³/mol. The Labute approximate surface area is 96.9 Å². The fourth-order valence-electron chi connectivity index (χ4n) is 1.72. The van der Waals surface area contributed by atoms with Gasteiger partial charge in [-0.3, -0.25) is 0 Å². The number of hydrogen-bond donors (Lipinski definition) is 1. The minimum Gasteiger partial charge on any atom is -0.496 e. The monoisotopic (exact) mass is 234 g/mol. The van der Waals surface area contributed by atoms with Gasteiger partial charge in [-0.15, -0.1) is 0 Å². The fourth-order valence-corrected chi connectivity index (χ4v) is 1.72. The second-order valence-electron chi connectivity index (χ2n) is 3.52. The Balaban J connectivity index is 2.19. The van der Waals surface area contributed by atoms with Crippen molar-refractivity contribution in [3.63, 3.8) is 0 Å². The first-order valence-corrected chi connectivity index (χ1v) is 4.97. The molecule has 0 aliphatic carbocycles. The average molecular weight is 234 g/mol. The summed E-state index contributed by atoms with van der Waals surface area (Å²) in [5.74, 6) is 2.33. The molecule has 6 heteroatoms. The molecule has 0 amide bonds. The van der Waals surface area contributed by atoms with Gasteiger partial charge in [0, 0.05) is 6.07 Å². The summed E-state index contributed by atoms with van der Waals surface area (Å²) >= 11 is 0. The second kappa shape index (κ2) is 3.58. The van der Waals surface area contributed by atoms with Crippen LogP contribution in [0.1, 0.15) is 0 Å². The summed E-state index contributed by atoms with van der Waals surface area (Å²) in [7, 11) is 1.56. The SMILES string of the molecule is COc1cc2c(cc1-c1oncc1N)OCO2. The van der Waals surface area contributed by atoms with Gasteiger partial charge < -0.3 is 24.5 Å². The number of aromatic nitrogens is 1. The molecular weight excluding hydrogens is 224 g/mol. The molecule has 0 fully saturated rings. The first kappa shape index (κ1) is 9.83. The predicted octanol–water partition coefficient (Wildman–Crippen LogP) is 1.66. The molecule has 1 aliphatic heterocycles. The molecule has 88 valence electrons. The van der Waals surface area contributed by atoms with Crippen molar-refractivity contribution in [3.05, 3.63) is 18.3 Å². The lowest BCUT2D eigenvalue weighted by Gasteiger charge is -2.07. The van der Waals surface area contributed by atoms with E-state index >= 15 is 0 Å². The molecule has 0 spiro atoms. The number of benzene rings is 1. The van der Waals surface area contributed by atoms with Gasteiger partial charge in [0.2, 0.25) is 6.79 Å². The number of anilines is 1. The summed E-state index contributed by atoms with van der Waals surface area (Å²) in [6, 6.07) is 3.50. The normalized spacial score (nSPS) is 12.8. The van der Waals surface area contributed by atoms with E-state index in [4.69, 9.17) is 24.5 Å². The Bertz CT molecular complexity index is 565. The summed E-state index contributed by atoms with van der Waals surface area (Å²) in [6.07, 6.45) is 1.44. The molecule has 0 bridgehead atoms. The molecule has 0 saturated carbocycles. The van der Waals surface area contributed by atoms with Crippen LogP contribution in [0.2, 0.25) is 0 Å². The van der Waals surface area contributed by atoms with Crippen molar-refractivity contribution in [2.45, 2.75) is 0 Å². The topological polar surface area (TPSA) is 79.7 Å². The molecule has 3 rings (SSSR count). The Hall–Kier alpha value is -2.37. The number of rotatable bonds is 2. The van der Waals surface area contributed by atoms with Crippen LogP contribution in [0.15, 0.2) is 22.9 Å². The van der Waals surface area contributed by atoms with Gasteiger partial charge in [-0.1, -0.05) is 5.16 Å². The molecule has 1 aromatic carbocycles. The highest BCUT2D eigenvalue weighted by molar-refractivity contribution is 5.78. The van der Waals surface area contributed by atoms with E-state index in [1.807, 2.05) is 0 Å². The largest absolute Gasteiger partial charge is 0.496 e. The zero-order chi connectivity index (χ0) is 11.8. The van der Waals surface area contributed by atoms with Crippen LogP contribution < -0.4 is 19.9 Å². The van der Waals surface area contributed by atoms with Crippen LogP contribution in [0, 0.1) is 0 Å². The number of ether oxygens (including phenoxy) is 3. The Morgan fingerprint density at radius 2 is 2.06 bits per heavy atom. The van der Waals surface area contributed by atoms with E-state index in [-0.39, 0.29) is 6.79 Å². The zero-order valence-corrected chi connectivity index (χ0v) is 9.10. The second-order valence-corrected chi connectivity index (χ2v) is 3.52. The van der Waals surface area contributed by atoms with Crippen molar-refractivity contribution in [1.29, 1.82) is 0 Å². The maximum atomic E-state index is 5.76. The van der Waals surface area contributed by atoms with E-state index in [1.165, 1.54) is 6.20 Å². The summed E-state index contributed by atoms with van der Waals surface area (Å²) in [5, 5.41) is 3.64. The number of fused-ring (bicyclic) bond motifs is 1. The quantitative estimate of drug-likeness (QED) is 0.851. The van der Waals surface area contributed by atoms with E-state index in [0.29, 0.717) is 34.3 Å². The van der Waals surface area contributed by atoms with Crippen molar-refractivity contribution < 1.29 is 18.7 Å². The van der Waals surface area contributed by atoms with Crippen LogP contribution >= 0.6 is 0 Å². The van der Waals surface area contributed by atoms with Gasteiger partial charge in [-0.05, 0) is 6.07 Å². The van der Waals surface area contributed by atoms with E-state index < -0.39 is 0 Å². The van der Waals surface area contributed by atoms with Crippen LogP contribution in [0.25, 0.3) is 11.3 Å². The number of nitrogens with zero attached hydrogens (tertiary/aromatic N) is 1. The van der Waals surface area contributed by atoms with Crippen molar-refractivity contribution >= 4 is 5.69 Å². The van der Waals surface area contributed by atoms with E-state index in [1.54, 1.807) is 19.2 Å². The van der Waals surface area contributed by atoms with Gasteiger partial charge in [0.25, 0.3) is 0 Å². The molecule has 0 unspecified atom stereocenters. The lowest BCUT2D eigenvalue weighted by Crippen LogP contribution is -1.92. The molecule has 6 nitrogen and oxygen atoms in total. The lowest BCUT2D eigenvalue weighted by molar-refractivity contribution is 0.174. The number of methoxy groups -OCH3 is 1. The van der Waals surface area contributed by atoms with E-state index in [9.17, 15) is 0 Å². The van der Waals surface area contributed by atoms with E-state index in [2.05, 4.69) is 5.16 Å². The Kier molecular flexibility index (Phi) is 2.07. The van der Waals surface area contributed by atoms with Crippen LogP contribution in [0.3, 0.4) is 0 Å². The van der Waals surface area contributed by atoms with Crippen LogP contribution in [0.5, 0.6) is 17.2 Å². The third kappa shape index (κ3) is 1.45. The van der Waals surface area contributed by atoms with Gasteiger partial charge in [-0.2, -0.15) is 0 Å². The third-order valence-electron chi connectivity index (χ3n) is 2.54. The number of nitrogens with two attached hydrogens (primary N) is 1. The first-order valence-electron chi connectivity index (χ1n) is 4.97. The van der Waals surface area contributed by atoms with Gasteiger partial charge in [0.15, 0.2) is 17.3 Å². The summed E-state index contributed by atoms with van der Waals surface area (Å²) in [5.41, 5.74) is 6.89. The average Bonchev–Trinajstić information content (AvgIpc) is 2.94. The summed E-state index contributed by atoms with van der Waals surface area (Å²) in [6.45, 7) is 0.202. The highest BCUT2D eigenvalue weighted by Gasteiger charge is 2.21. The summed E-state index contributed by atoms with van der Waals surface area (Å²) < 4.78 is 20.9. The zero-order valence-electron chi connectivity index (χ0n) is 9.10. The van der Waals surface area contributed by atoms with Crippen LogP contribution in [0.4, 0.5) is 5.69 Å². The fraction of sp³-hybridized carbons (Fsp3) is 0.182. The number of hydrogen-bond acceptors (Lipinski definition) is 6. The minimum atomic E-state index is 0.202. The highest BCUT2D eigenvalue weighted by Crippen LogP contribution is 2.43. The standard InChI is InChI=1S/C11H10N2O4/c1-14-8-3-10-9(15-5-16-10)2-6(8)11-7(12)4-13-17-11/h2-4H,5,12H2,1H3. The maximum Gasteiger partial charge on any atom is 0.231 e. The molecule has 0 saturated heterocycles. The summed E-state index contributed by atoms with van der Waals surface area (Å²) in [4.78, 5) is 0. The molecule has 2 heterocycles. The van der Waals surface area contributed by atoms with E-state index in [0.717, 1.165) is 0 Å². The van der Waals surface area contributed by atoms with Crippen molar-refractivity contribution in [3.8, 4) is 28.6 Å². The van der Waals surface area contributed by atoms with Gasteiger partial charge in [0.1, 0.15) is 11.4 Å². The molecule has 0 atom stereocenters. The first-order chi connectivity index (χ1) is 8.29. The van der Waals surface area contributed by atoms with Gasteiger partial charge in [-0.25, -0.2) is 0 Å². The third-order valence-corrected chi connectivity index (χ3v) is 2.54. The van der Waals surface area contributed by atoms with Crippen LogP contribution in [-0.2, 0) is 0 Å². The molecule has 2 aromatic rings. The molecule has 2 N–H and O–H groups in total. The van der Waals surface area contributed by atoms with Gasteiger partial charge in [0.05, 0.1) is 18.9 Å². The Morgan fingerprint density at radius 3 is 2.71 bits per heavy atom. The van der Waals surface area contributed by atoms with Crippen LogP contribution in [-0.4, -0.2) is 19.1 Å². The Morgan fingerprint density at radius 1 is 1.29 bits per heavy atom. The number of nitrogen functional groups attached to an aromatic ring is 1. The molecule has 1 aromatic heterocycles. The molecular formula is C11H10N2O4. The lowest BCUT2D eigenvalue weighted by atomic mass is 10.1. The maximum absolute atomic E-state index is 5.76. The molecule has 0 radical (unpaired) electrons. The minimum absolute atomic E-state index is 0.202. The highest BCUT2D eigenvalue weighted by atomic mass is 16.7. The molecule has 1 aliphatic rings.